The molecule has 0 saturated carbocycles. The summed E-state index contributed by atoms with van der Waals surface area (Å²) in [5.41, 5.74) is 5.38. The van der Waals surface area contributed by atoms with Crippen molar-refractivity contribution in [3.8, 4) is 0 Å². The molecule has 1 aliphatic carbocycles. The van der Waals surface area contributed by atoms with Gasteiger partial charge in [0.2, 0.25) is 0 Å². The van der Waals surface area contributed by atoms with E-state index in [-0.39, 0.29) is 0 Å². The number of aryl methyl sites for hydroxylation is 1. The monoisotopic (exact) mass is 227 g/mol. The van der Waals surface area contributed by atoms with Gasteiger partial charge in [-0.05, 0) is 50.8 Å². The Labute approximate surface area is 104 Å². The number of rotatable bonds is 3. The van der Waals surface area contributed by atoms with Crippen molar-refractivity contribution in [1.82, 2.24) is 5.32 Å². The summed E-state index contributed by atoms with van der Waals surface area (Å²) in [7, 11) is 0. The molecular weight excluding hydrogens is 206 g/mol. The normalized spacial score (nSPS) is 15.5. The minimum atomic E-state index is 0.495. The van der Waals surface area contributed by atoms with Crippen molar-refractivity contribution in [2.45, 2.75) is 39.7 Å². The summed E-state index contributed by atoms with van der Waals surface area (Å²) in [4.78, 5) is 0. The molecule has 2 rings (SSSR count). The second kappa shape index (κ2) is 5.22. The third kappa shape index (κ3) is 3.23. The van der Waals surface area contributed by atoms with E-state index in [0.717, 1.165) is 12.8 Å². The maximum atomic E-state index is 3.48. The third-order valence-electron chi connectivity index (χ3n) is 2.99. The van der Waals surface area contributed by atoms with Crippen LogP contribution in [0, 0.1) is 6.92 Å². The molecule has 0 radical (unpaired) electrons. The molecule has 0 saturated heterocycles. The van der Waals surface area contributed by atoms with E-state index in [1.54, 1.807) is 0 Å². The first-order valence-corrected chi connectivity index (χ1v) is 6.39. The maximum Gasteiger partial charge on any atom is 0.0304 e. The highest BCUT2D eigenvalue weighted by atomic mass is 14.9. The summed E-state index contributed by atoms with van der Waals surface area (Å²) >= 11 is 0. The molecular formula is C16H21N. The van der Waals surface area contributed by atoms with Crippen molar-refractivity contribution in [1.29, 1.82) is 0 Å². The van der Waals surface area contributed by atoms with Gasteiger partial charge in [-0.3, -0.25) is 0 Å². The van der Waals surface area contributed by atoms with Gasteiger partial charge in [-0.1, -0.05) is 35.9 Å². The Morgan fingerprint density at radius 1 is 1.12 bits per heavy atom. The summed E-state index contributed by atoms with van der Waals surface area (Å²) in [6.45, 7) is 6.48. The highest BCUT2D eigenvalue weighted by Gasteiger charge is 2.08. The fourth-order valence-corrected chi connectivity index (χ4v) is 2.13. The van der Waals surface area contributed by atoms with Gasteiger partial charge >= 0.3 is 0 Å². The predicted octanol–water partition coefficient (Wildman–Crippen LogP) is 4.05. The molecule has 0 heterocycles. The summed E-state index contributed by atoms with van der Waals surface area (Å²) < 4.78 is 0. The van der Waals surface area contributed by atoms with E-state index in [0.29, 0.717) is 6.04 Å². The van der Waals surface area contributed by atoms with E-state index in [9.17, 15) is 0 Å². The minimum Gasteiger partial charge on any atom is -0.383 e. The minimum absolute atomic E-state index is 0.495. The van der Waals surface area contributed by atoms with E-state index in [4.69, 9.17) is 0 Å². The van der Waals surface area contributed by atoms with Crippen molar-refractivity contribution in [2.75, 3.05) is 0 Å². The average Bonchev–Trinajstić information content (AvgIpc) is 2.29. The van der Waals surface area contributed by atoms with Crippen molar-refractivity contribution in [3.63, 3.8) is 0 Å². The molecule has 0 spiro atoms. The largest absolute Gasteiger partial charge is 0.383 e. The van der Waals surface area contributed by atoms with Crippen LogP contribution in [0.2, 0.25) is 0 Å². The van der Waals surface area contributed by atoms with Crippen LogP contribution < -0.4 is 5.32 Å². The lowest BCUT2D eigenvalue weighted by atomic mass is 9.95. The first-order valence-electron chi connectivity index (χ1n) is 6.39. The fraction of sp³-hybridized carbons (Fsp3) is 0.375. The van der Waals surface area contributed by atoms with Crippen LogP contribution in [-0.2, 0) is 0 Å². The van der Waals surface area contributed by atoms with Crippen LogP contribution in [0.5, 0.6) is 0 Å². The lowest BCUT2D eigenvalue weighted by molar-refractivity contribution is 0.675. The predicted molar refractivity (Wildman–Crippen MR) is 74.7 cm³/mol. The van der Waals surface area contributed by atoms with Crippen LogP contribution in [0.1, 0.15) is 37.8 Å². The summed E-state index contributed by atoms with van der Waals surface area (Å²) in [6.07, 6.45) is 6.85. The molecule has 17 heavy (non-hydrogen) atoms. The SMILES string of the molecule is Cc1ccc(C2=CC(NC(C)C)=CCC2)cc1. The molecule has 1 aromatic rings. The highest BCUT2D eigenvalue weighted by Crippen LogP contribution is 2.25. The molecule has 0 fully saturated rings. The molecule has 1 N–H and O–H groups in total. The highest BCUT2D eigenvalue weighted by molar-refractivity contribution is 5.69. The van der Waals surface area contributed by atoms with Crippen molar-refractivity contribution >= 4 is 5.57 Å². The number of nitrogens with one attached hydrogen (secondary N) is 1. The lowest BCUT2D eigenvalue weighted by Gasteiger charge is -2.18. The first kappa shape index (κ1) is 12.0. The Kier molecular flexibility index (Phi) is 3.68. The third-order valence-corrected chi connectivity index (χ3v) is 2.99. The zero-order chi connectivity index (χ0) is 12.3. The van der Waals surface area contributed by atoms with Gasteiger partial charge in [0.05, 0.1) is 0 Å². The van der Waals surface area contributed by atoms with Crippen LogP contribution in [-0.4, -0.2) is 6.04 Å². The van der Waals surface area contributed by atoms with Gasteiger partial charge in [0.25, 0.3) is 0 Å². The topological polar surface area (TPSA) is 12.0 Å². The van der Waals surface area contributed by atoms with Crippen molar-refractivity contribution in [3.05, 3.63) is 53.2 Å². The summed E-state index contributed by atoms with van der Waals surface area (Å²) in [5, 5.41) is 3.48. The molecule has 90 valence electrons. The van der Waals surface area contributed by atoms with E-state index in [1.165, 1.54) is 22.4 Å². The van der Waals surface area contributed by atoms with Crippen LogP contribution in [0.4, 0.5) is 0 Å². The Morgan fingerprint density at radius 3 is 2.47 bits per heavy atom. The zero-order valence-electron chi connectivity index (χ0n) is 11.0. The molecule has 1 aromatic carbocycles. The Morgan fingerprint density at radius 2 is 1.82 bits per heavy atom. The summed E-state index contributed by atoms with van der Waals surface area (Å²) in [5.74, 6) is 0. The molecule has 1 heteroatoms. The molecule has 0 bridgehead atoms. The van der Waals surface area contributed by atoms with Gasteiger partial charge in [-0.25, -0.2) is 0 Å². The molecule has 1 nitrogen and oxygen atoms in total. The van der Waals surface area contributed by atoms with Gasteiger partial charge in [-0.15, -0.1) is 0 Å². The van der Waals surface area contributed by atoms with Crippen molar-refractivity contribution < 1.29 is 0 Å². The second-order valence-electron chi connectivity index (χ2n) is 5.03. The van der Waals surface area contributed by atoms with Gasteiger partial charge in [0.15, 0.2) is 0 Å². The van der Waals surface area contributed by atoms with Crippen LogP contribution in [0.15, 0.2) is 42.1 Å². The lowest BCUT2D eigenvalue weighted by Crippen LogP contribution is -2.21. The maximum absolute atomic E-state index is 3.48. The molecule has 0 aliphatic heterocycles. The number of hydrogen-bond donors (Lipinski definition) is 1. The average molecular weight is 227 g/mol. The van der Waals surface area contributed by atoms with Crippen LogP contribution in [0.3, 0.4) is 0 Å². The molecule has 0 unspecified atom stereocenters. The quantitative estimate of drug-likeness (QED) is 0.821. The summed E-state index contributed by atoms with van der Waals surface area (Å²) in [6, 6.07) is 9.31. The zero-order valence-corrected chi connectivity index (χ0v) is 11.0. The van der Waals surface area contributed by atoms with E-state index in [2.05, 4.69) is 62.5 Å². The van der Waals surface area contributed by atoms with Gasteiger partial charge in [0, 0.05) is 11.7 Å². The number of benzene rings is 1. The number of hydrogen-bond acceptors (Lipinski definition) is 1. The second-order valence-corrected chi connectivity index (χ2v) is 5.03. The van der Waals surface area contributed by atoms with Gasteiger partial charge in [-0.2, -0.15) is 0 Å². The van der Waals surface area contributed by atoms with Gasteiger partial charge < -0.3 is 5.32 Å². The van der Waals surface area contributed by atoms with E-state index in [1.807, 2.05) is 0 Å². The molecule has 0 aromatic heterocycles. The van der Waals surface area contributed by atoms with Crippen molar-refractivity contribution in [2.24, 2.45) is 0 Å². The Balaban J connectivity index is 2.18. The molecule has 0 amide bonds. The molecule has 1 aliphatic rings. The smallest absolute Gasteiger partial charge is 0.0304 e. The van der Waals surface area contributed by atoms with Crippen LogP contribution in [0.25, 0.3) is 5.57 Å². The first-order chi connectivity index (χ1) is 8.15. The Bertz CT molecular complexity index is 435. The van der Waals surface area contributed by atoms with Gasteiger partial charge in [0.1, 0.15) is 0 Å². The molecule has 0 atom stereocenters. The Hall–Kier alpha value is -1.50. The standard InChI is InChI=1S/C16H21N/c1-12(2)17-16-6-4-5-15(11-16)14-9-7-13(3)8-10-14/h6-12,17H,4-5H2,1-3H3. The van der Waals surface area contributed by atoms with E-state index < -0.39 is 0 Å². The van der Waals surface area contributed by atoms with E-state index >= 15 is 0 Å². The number of allylic oxidation sites excluding steroid dienone is 3. The fourth-order valence-electron chi connectivity index (χ4n) is 2.13. The van der Waals surface area contributed by atoms with Crippen LogP contribution >= 0.6 is 0 Å².